The molecule has 0 aliphatic heterocycles. The molecule has 0 aliphatic carbocycles. The predicted octanol–water partition coefficient (Wildman–Crippen LogP) is 2.86. The summed E-state index contributed by atoms with van der Waals surface area (Å²) in [7, 11) is 1.31. The van der Waals surface area contributed by atoms with Gasteiger partial charge in [-0.1, -0.05) is 30.3 Å². The Bertz CT molecular complexity index is 614. The number of aromatic nitrogens is 2. The van der Waals surface area contributed by atoms with Crippen molar-refractivity contribution in [1.29, 1.82) is 0 Å². The number of nitrogens with zero attached hydrogens (tertiary/aromatic N) is 3. The van der Waals surface area contributed by atoms with Gasteiger partial charge in [0.05, 0.1) is 6.20 Å². The van der Waals surface area contributed by atoms with Gasteiger partial charge in [0.15, 0.2) is 0 Å². The van der Waals surface area contributed by atoms with Crippen LogP contribution < -0.4 is 5.73 Å². The van der Waals surface area contributed by atoms with Crippen LogP contribution in [-0.4, -0.2) is 34.3 Å². The summed E-state index contributed by atoms with van der Waals surface area (Å²) < 4.78 is 40.3. The van der Waals surface area contributed by atoms with Crippen molar-refractivity contribution in [3.05, 3.63) is 53.3 Å². The number of halogens is 4. The summed E-state index contributed by atoms with van der Waals surface area (Å²) in [6, 6.07) is 9.85. The minimum atomic E-state index is -4.41. The SMILES string of the molecule is Cl.Cn1ncc(CN(CCN)CCc2ccccc2)c1C(F)(F)F. The standard InChI is InChI=1S/C16H21F3N4.ClH/c1-22-15(16(17,18)19)14(11-21-22)12-23(10-8-20)9-7-13-5-3-2-4-6-13;/h2-6,11H,7-10,12,20H2,1H3;1H. The number of alkyl halides is 3. The molecule has 0 spiro atoms. The lowest BCUT2D eigenvalue weighted by Crippen LogP contribution is -2.31. The first-order valence-corrected chi connectivity index (χ1v) is 7.46. The number of benzene rings is 1. The zero-order valence-corrected chi connectivity index (χ0v) is 14.3. The average Bonchev–Trinajstić information content (AvgIpc) is 2.87. The van der Waals surface area contributed by atoms with Gasteiger partial charge in [-0.15, -0.1) is 12.4 Å². The fourth-order valence-corrected chi connectivity index (χ4v) is 2.59. The second kappa shape index (κ2) is 9.05. The largest absolute Gasteiger partial charge is 0.433 e. The van der Waals surface area contributed by atoms with E-state index in [-0.39, 0.29) is 24.5 Å². The second-order valence-electron chi connectivity index (χ2n) is 5.44. The van der Waals surface area contributed by atoms with Crippen LogP contribution >= 0.6 is 12.4 Å². The molecule has 0 fully saturated rings. The minimum Gasteiger partial charge on any atom is -0.329 e. The van der Waals surface area contributed by atoms with Gasteiger partial charge < -0.3 is 5.73 Å². The molecular weight excluding hydrogens is 341 g/mol. The Hall–Kier alpha value is -1.57. The minimum absolute atomic E-state index is 0. The Kier molecular flexibility index (Phi) is 7.72. The van der Waals surface area contributed by atoms with Gasteiger partial charge in [-0.2, -0.15) is 18.3 Å². The van der Waals surface area contributed by atoms with E-state index in [1.54, 1.807) is 0 Å². The third-order valence-electron chi connectivity index (χ3n) is 3.68. The molecule has 4 nitrogen and oxygen atoms in total. The zero-order valence-electron chi connectivity index (χ0n) is 13.5. The number of hydrogen-bond donors (Lipinski definition) is 1. The first-order chi connectivity index (χ1) is 10.9. The maximum atomic E-state index is 13.1. The van der Waals surface area contributed by atoms with Crippen molar-refractivity contribution in [2.45, 2.75) is 19.1 Å². The lowest BCUT2D eigenvalue weighted by molar-refractivity contribution is -0.144. The van der Waals surface area contributed by atoms with E-state index in [9.17, 15) is 13.2 Å². The summed E-state index contributed by atoms with van der Waals surface area (Å²) >= 11 is 0. The van der Waals surface area contributed by atoms with Crippen molar-refractivity contribution < 1.29 is 13.2 Å². The van der Waals surface area contributed by atoms with E-state index in [0.717, 1.165) is 16.7 Å². The Labute approximate surface area is 145 Å². The molecule has 2 N–H and O–H groups in total. The Morgan fingerprint density at radius 3 is 2.42 bits per heavy atom. The highest BCUT2D eigenvalue weighted by atomic mass is 35.5. The summed E-state index contributed by atoms with van der Waals surface area (Å²) in [5, 5.41) is 3.75. The maximum Gasteiger partial charge on any atom is 0.433 e. The van der Waals surface area contributed by atoms with Gasteiger partial charge in [-0.3, -0.25) is 9.58 Å². The molecule has 0 amide bonds. The van der Waals surface area contributed by atoms with Gasteiger partial charge in [-0.05, 0) is 12.0 Å². The first kappa shape index (κ1) is 20.5. The topological polar surface area (TPSA) is 47.1 Å². The molecule has 0 unspecified atom stereocenters. The van der Waals surface area contributed by atoms with Crippen molar-refractivity contribution >= 4 is 12.4 Å². The molecule has 0 saturated carbocycles. The van der Waals surface area contributed by atoms with E-state index >= 15 is 0 Å². The van der Waals surface area contributed by atoms with Crippen LogP contribution in [0, 0.1) is 0 Å². The zero-order chi connectivity index (χ0) is 16.9. The Balaban J connectivity index is 0.00000288. The highest BCUT2D eigenvalue weighted by molar-refractivity contribution is 5.85. The normalized spacial score (nSPS) is 11.6. The third-order valence-corrected chi connectivity index (χ3v) is 3.68. The fourth-order valence-electron chi connectivity index (χ4n) is 2.59. The van der Waals surface area contributed by atoms with Gasteiger partial charge in [-0.25, -0.2) is 0 Å². The molecule has 8 heteroatoms. The van der Waals surface area contributed by atoms with Crippen LogP contribution in [0.25, 0.3) is 0 Å². The van der Waals surface area contributed by atoms with Gasteiger partial charge in [0.2, 0.25) is 0 Å². The molecule has 2 rings (SSSR count). The van der Waals surface area contributed by atoms with E-state index in [0.29, 0.717) is 19.6 Å². The van der Waals surface area contributed by atoms with Gasteiger partial charge in [0.25, 0.3) is 0 Å². The van der Waals surface area contributed by atoms with Crippen LogP contribution in [0.1, 0.15) is 16.8 Å². The van der Waals surface area contributed by atoms with E-state index in [1.807, 2.05) is 35.2 Å². The second-order valence-corrected chi connectivity index (χ2v) is 5.44. The number of aryl methyl sites for hydroxylation is 1. The van der Waals surface area contributed by atoms with Crippen molar-refractivity contribution in [2.24, 2.45) is 12.8 Å². The number of nitrogens with two attached hydrogens (primary N) is 1. The summed E-state index contributed by atoms with van der Waals surface area (Å²) in [6.45, 7) is 1.77. The average molecular weight is 363 g/mol. The van der Waals surface area contributed by atoms with Crippen molar-refractivity contribution in [3.63, 3.8) is 0 Å². The van der Waals surface area contributed by atoms with Crippen LogP contribution in [0.5, 0.6) is 0 Å². The molecule has 24 heavy (non-hydrogen) atoms. The molecule has 1 aromatic heterocycles. The smallest absolute Gasteiger partial charge is 0.329 e. The fraction of sp³-hybridized carbons (Fsp3) is 0.438. The van der Waals surface area contributed by atoms with E-state index < -0.39 is 11.9 Å². The van der Waals surface area contributed by atoms with Crippen molar-refractivity contribution in [1.82, 2.24) is 14.7 Å². The molecular formula is C16H22ClF3N4. The molecule has 2 aromatic rings. The summed E-state index contributed by atoms with van der Waals surface area (Å²) in [5.41, 5.74) is 6.23. The lowest BCUT2D eigenvalue weighted by atomic mass is 10.1. The predicted molar refractivity (Wildman–Crippen MR) is 89.9 cm³/mol. The molecule has 134 valence electrons. The summed E-state index contributed by atoms with van der Waals surface area (Å²) in [6.07, 6.45) is -2.36. The van der Waals surface area contributed by atoms with E-state index in [4.69, 9.17) is 5.73 Å². The van der Waals surface area contributed by atoms with E-state index in [2.05, 4.69) is 5.10 Å². The van der Waals surface area contributed by atoms with Crippen LogP contribution in [0.3, 0.4) is 0 Å². The molecule has 0 atom stereocenters. The molecule has 1 aromatic carbocycles. The van der Waals surface area contributed by atoms with Gasteiger partial charge >= 0.3 is 6.18 Å². The van der Waals surface area contributed by atoms with Crippen LogP contribution in [-0.2, 0) is 26.2 Å². The first-order valence-electron chi connectivity index (χ1n) is 7.46. The molecule has 0 radical (unpaired) electrons. The highest BCUT2D eigenvalue weighted by Crippen LogP contribution is 2.32. The molecule has 0 aliphatic rings. The molecule has 1 heterocycles. The van der Waals surface area contributed by atoms with E-state index in [1.165, 1.54) is 13.2 Å². The quantitative estimate of drug-likeness (QED) is 0.824. The van der Waals surface area contributed by atoms with Gasteiger partial charge in [0.1, 0.15) is 5.69 Å². The molecule has 0 bridgehead atoms. The number of hydrogen-bond acceptors (Lipinski definition) is 3. The molecule has 0 saturated heterocycles. The van der Waals surface area contributed by atoms with Crippen molar-refractivity contribution in [3.8, 4) is 0 Å². The van der Waals surface area contributed by atoms with Crippen LogP contribution in [0.15, 0.2) is 36.5 Å². The summed E-state index contributed by atoms with van der Waals surface area (Å²) in [5.74, 6) is 0. The monoisotopic (exact) mass is 362 g/mol. The van der Waals surface area contributed by atoms with Gasteiger partial charge in [0, 0.05) is 38.8 Å². The summed E-state index contributed by atoms with van der Waals surface area (Å²) in [4.78, 5) is 1.93. The van der Waals surface area contributed by atoms with Crippen LogP contribution in [0.4, 0.5) is 13.2 Å². The van der Waals surface area contributed by atoms with Crippen molar-refractivity contribution in [2.75, 3.05) is 19.6 Å². The Morgan fingerprint density at radius 2 is 1.83 bits per heavy atom. The number of rotatable bonds is 7. The van der Waals surface area contributed by atoms with Crippen LogP contribution in [0.2, 0.25) is 0 Å². The maximum absolute atomic E-state index is 13.1. The lowest BCUT2D eigenvalue weighted by Gasteiger charge is -2.22. The highest BCUT2D eigenvalue weighted by Gasteiger charge is 2.37. The Morgan fingerprint density at radius 1 is 1.17 bits per heavy atom. The third kappa shape index (κ3) is 5.51.